The van der Waals surface area contributed by atoms with Gasteiger partial charge in [-0.15, -0.1) is 0 Å². The average Bonchev–Trinajstić information content (AvgIpc) is 2.79. The summed E-state index contributed by atoms with van der Waals surface area (Å²) >= 11 is 0. The first-order valence-corrected chi connectivity index (χ1v) is 9.74. The fraction of sp³-hybridized carbons (Fsp3) is 0.0400. The quantitative estimate of drug-likeness (QED) is 0.321. The Morgan fingerprint density at radius 3 is 2.60 bits per heavy atom. The van der Waals surface area contributed by atoms with Gasteiger partial charge in [0.25, 0.3) is 0 Å². The summed E-state index contributed by atoms with van der Waals surface area (Å²) < 4.78 is 0. The normalized spacial score (nSPS) is 11.4. The van der Waals surface area contributed by atoms with E-state index < -0.39 is 0 Å². The largest absolute Gasteiger partial charge is 0.256 e. The third kappa shape index (κ3) is 3.61. The van der Waals surface area contributed by atoms with Gasteiger partial charge in [0.15, 0.2) is 0 Å². The second-order valence-electron chi connectivity index (χ2n) is 7.11. The molecule has 0 saturated carbocycles. The van der Waals surface area contributed by atoms with E-state index in [1.54, 1.807) is 12.4 Å². The van der Waals surface area contributed by atoms with Crippen molar-refractivity contribution in [1.29, 1.82) is 0 Å². The van der Waals surface area contributed by atoms with Gasteiger partial charge >= 0.3 is 0 Å². The topological polar surface area (TPSA) is 63.1 Å². The Morgan fingerprint density at radius 2 is 1.70 bits per heavy atom. The number of hydrogen-bond donors (Lipinski definition) is 1. The molecule has 5 rings (SSSR count). The minimum atomic E-state index is 0.462. The predicted molar refractivity (Wildman–Crippen MR) is 123 cm³/mol. The fourth-order valence-corrected chi connectivity index (χ4v) is 3.45. The zero-order valence-corrected chi connectivity index (χ0v) is 16.4. The number of hydrogen-bond acceptors (Lipinski definition) is 5. The van der Waals surface area contributed by atoms with Crippen LogP contribution in [0.1, 0.15) is 11.1 Å². The molecule has 144 valence electrons. The van der Waals surface area contributed by atoms with Gasteiger partial charge in [-0.25, -0.2) is 15.4 Å². The second kappa shape index (κ2) is 7.72. The summed E-state index contributed by atoms with van der Waals surface area (Å²) in [5.41, 5.74) is 8.91. The summed E-state index contributed by atoms with van der Waals surface area (Å²) in [5, 5.41) is 6.46. The first-order chi connectivity index (χ1) is 14.8. The van der Waals surface area contributed by atoms with E-state index in [0.717, 1.165) is 38.6 Å². The molecule has 2 aromatic heterocycles. The highest BCUT2D eigenvalue weighted by Crippen LogP contribution is 2.28. The fourth-order valence-electron chi connectivity index (χ4n) is 3.45. The van der Waals surface area contributed by atoms with Gasteiger partial charge in [0.1, 0.15) is 0 Å². The lowest BCUT2D eigenvalue weighted by atomic mass is 10.0. The number of anilines is 1. The first-order valence-electron chi connectivity index (χ1n) is 9.74. The van der Waals surface area contributed by atoms with Gasteiger partial charge < -0.3 is 0 Å². The lowest BCUT2D eigenvalue weighted by Crippen LogP contribution is -2.00. The van der Waals surface area contributed by atoms with E-state index in [1.807, 2.05) is 54.6 Å². The molecule has 0 bridgehead atoms. The number of pyridine rings is 1. The number of nitrogens with one attached hydrogen (secondary N) is 1. The smallest absolute Gasteiger partial charge is 0.244 e. The molecule has 5 heteroatoms. The molecule has 5 nitrogen and oxygen atoms in total. The first kappa shape index (κ1) is 17.9. The van der Waals surface area contributed by atoms with Gasteiger partial charge in [0.05, 0.1) is 22.9 Å². The van der Waals surface area contributed by atoms with Crippen LogP contribution in [0.4, 0.5) is 5.95 Å². The Kier molecular flexibility index (Phi) is 4.62. The monoisotopic (exact) mass is 389 g/mol. The van der Waals surface area contributed by atoms with Gasteiger partial charge in [-0.3, -0.25) is 4.98 Å². The summed E-state index contributed by atoms with van der Waals surface area (Å²) in [6.45, 7) is 2.07. The molecule has 0 aliphatic carbocycles. The summed E-state index contributed by atoms with van der Waals surface area (Å²) in [6, 6.07) is 26.3. The maximum absolute atomic E-state index is 4.75. The number of fused-ring (bicyclic) bond motifs is 2. The third-order valence-electron chi connectivity index (χ3n) is 4.90. The molecule has 0 radical (unpaired) electrons. The van der Waals surface area contributed by atoms with Crippen LogP contribution in [0, 0.1) is 6.92 Å². The molecule has 0 spiro atoms. The summed E-state index contributed by atoms with van der Waals surface area (Å²) in [4.78, 5) is 13.7. The molecule has 3 aromatic carbocycles. The van der Waals surface area contributed by atoms with Crippen LogP contribution < -0.4 is 5.43 Å². The SMILES string of the molecule is Cc1ccc2nc(N/N=C/c3ccc4ncccc4c3)nc(-c3ccccc3)c2c1. The highest BCUT2D eigenvalue weighted by molar-refractivity contribution is 5.94. The van der Waals surface area contributed by atoms with Crippen molar-refractivity contribution in [2.45, 2.75) is 6.92 Å². The molecule has 30 heavy (non-hydrogen) atoms. The van der Waals surface area contributed by atoms with E-state index in [9.17, 15) is 0 Å². The molecule has 2 heterocycles. The highest BCUT2D eigenvalue weighted by Gasteiger charge is 2.10. The van der Waals surface area contributed by atoms with Crippen LogP contribution in [0.15, 0.2) is 90.2 Å². The average molecular weight is 389 g/mol. The molecule has 0 aliphatic rings. The van der Waals surface area contributed by atoms with Gasteiger partial charge in [-0.2, -0.15) is 5.10 Å². The Balaban J connectivity index is 1.49. The van der Waals surface area contributed by atoms with Gasteiger partial charge in [-0.1, -0.05) is 54.1 Å². The van der Waals surface area contributed by atoms with Crippen molar-refractivity contribution in [1.82, 2.24) is 15.0 Å². The molecule has 5 aromatic rings. The lowest BCUT2D eigenvalue weighted by Gasteiger charge is -2.09. The minimum Gasteiger partial charge on any atom is -0.256 e. The maximum Gasteiger partial charge on any atom is 0.244 e. The molecule has 0 aliphatic heterocycles. The van der Waals surface area contributed by atoms with Crippen LogP contribution in [0.5, 0.6) is 0 Å². The van der Waals surface area contributed by atoms with Crippen LogP contribution in [-0.2, 0) is 0 Å². The minimum absolute atomic E-state index is 0.462. The summed E-state index contributed by atoms with van der Waals surface area (Å²) in [7, 11) is 0. The Morgan fingerprint density at radius 1 is 0.833 bits per heavy atom. The van der Waals surface area contributed by atoms with E-state index in [0.29, 0.717) is 5.95 Å². The van der Waals surface area contributed by atoms with E-state index in [1.165, 1.54) is 5.56 Å². The Bertz CT molecular complexity index is 1380. The predicted octanol–water partition coefficient (Wildman–Crippen LogP) is 5.60. The molecule has 0 amide bonds. The Hall–Kier alpha value is -4.12. The van der Waals surface area contributed by atoms with Crippen molar-refractivity contribution < 1.29 is 0 Å². The number of aromatic nitrogens is 3. The van der Waals surface area contributed by atoms with Crippen molar-refractivity contribution >= 4 is 34.0 Å². The van der Waals surface area contributed by atoms with Crippen LogP contribution in [0.2, 0.25) is 0 Å². The Labute approximate surface area is 174 Å². The van der Waals surface area contributed by atoms with Crippen LogP contribution in [0.3, 0.4) is 0 Å². The molecule has 0 fully saturated rings. The van der Waals surface area contributed by atoms with E-state index in [2.05, 4.69) is 51.7 Å². The number of rotatable bonds is 4. The van der Waals surface area contributed by atoms with Crippen molar-refractivity contribution in [2.75, 3.05) is 5.43 Å². The maximum atomic E-state index is 4.75. The molecular formula is C25H19N5. The number of nitrogens with zero attached hydrogens (tertiary/aromatic N) is 4. The van der Waals surface area contributed by atoms with Crippen LogP contribution >= 0.6 is 0 Å². The van der Waals surface area contributed by atoms with Crippen LogP contribution in [-0.4, -0.2) is 21.2 Å². The van der Waals surface area contributed by atoms with E-state index in [4.69, 9.17) is 4.98 Å². The molecule has 0 unspecified atom stereocenters. The van der Waals surface area contributed by atoms with Crippen molar-refractivity contribution in [2.24, 2.45) is 5.10 Å². The summed E-state index contributed by atoms with van der Waals surface area (Å²) in [6.07, 6.45) is 3.55. The number of aryl methyl sites for hydroxylation is 1. The zero-order chi connectivity index (χ0) is 20.3. The molecular weight excluding hydrogens is 370 g/mol. The van der Waals surface area contributed by atoms with Crippen LogP contribution in [0.25, 0.3) is 33.1 Å². The van der Waals surface area contributed by atoms with Gasteiger partial charge in [-0.05, 0) is 42.8 Å². The van der Waals surface area contributed by atoms with Crippen molar-refractivity contribution in [3.05, 3.63) is 96.2 Å². The zero-order valence-electron chi connectivity index (χ0n) is 16.4. The third-order valence-corrected chi connectivity index (χ3v) is 4.90. The van der Waals surface area contributed by atoms with Crippen molar-refractivity contribution in [3.63, 3.8) is 0 Å². The van der Waals surface area contributed by atoms with E-state index in [-0.39, 0.29) is 0 Å². The van der Waals surface area contributed by atoms with Gasteiger partial charge in [0.2, 0.25) is 5.95 Å². The standard InChI is InChI=1S/C25H19N5/c1-17-9-11-23-21(14-17)24(19-6-3-2-4-7-19)29-25(28-23)30-27-16-18-10-12-22-20(15-18)8-5-13-26-22/h2-16H,1H3,(H,28,29,30)/b27-16+. The summed E-state index contributed by atoms with van der Waals surface area (Å²) in [5.74, 6) is 0.462. The second-order valence-corrected chi connectivity index (χ2v) is 7.11. The number of hydrazone groups is 1. The molecule has 0 atom stereocenters. The number of benzene rings is 3. The van der Waals surface area contributed by atoms with Gasteiger partial charge in [0, 0.05) is 22.5 Å². The lowest BCUT2D eigenvalue weighted by molar-refractivity contribution is 1.15. The molecule has 1 N–H and O–H groups in total. The molecule has 0 saturated heterocycles. The highest BCUT2D eigenvalue weighted by atomic mass is 15.3. The van der Waals surface area contributed by atoms with E-state index >= 15 is 0 Å². The van der Waals surface area contributed by atoms with Crippen molar-refractivity contribution in [3.8, 4) is 11.3 Å².